The van der Waals surface area contributed by atoms with Crippen molar-refractivity contribution in [1.82, 2.24) is 9.78 Å². The smallest absolute Gasteiger partial charge is 0.414 e. The van der Waals surface area contributed by atoms with Gasteiger partial charge in [-0.2, -0.15) is 5.10 Å². The fourth-order valence-electron chi connectivity index (χ4n) is 3.04. The average Bonchev–Trinajstić information content (AvgIpc) is 3.06. The van der Waals surface area contributed by atoms with Crippen LogP contribution in [0, 0.1) is 0 Å². The Labute approximate surface area is 151 Å². The second kappa shape index (κ2) is 6.05. The van der Waals surface area contributed by atoms with Crippen LogP contribution in [0.2, 0.25) is 0 Å². The number of benzene rings is 1. The van der Waals surface area contributed by atoms with E-state index in [4.69, 9.17) is 16.2 Å². The van der Waals surface area contributed by atoms with Crippen molar-refractivity contribution in [3.63, 3.8) is 0 Å². The Balaban J connectivity index is 1.96. The molecule has 0 spiro atoms. The molecule has 0 saturated carbocycles. The Bertz CT molecular complexity index is 895. The van der Waals surface area contributed by atoms with Crippen LogP contribution in [0.4, 0.5) is 16.3 Å². The number of carbonyl (C=O) groups is 2. The molecule has 0 unspecified atom stereocenters. The van der Waals surface area contributed by atoms with E-state index >= 15 is 0 Å². The van der Waals surface area contributed by atoms with Gasteiger partial charge in [0.25, 0.3) is 5.91 Å². The third-order valence-corrected chi connectivity index (χ3v) is 4.20. The molecule has 2 aromatic rings. The van der Waals surface area contributed by atoms with Crippen LogP contribution in [0.5, 0.6) is 0 Å². The minimum Gasteiger partial charge on any atom is -0.443 e. The number of carbonyl (C=O) groups excluding carboxylic acids is 2. The minimum absolute atomic E-state index is 0.203. The molecule has 0 saturated heterocycles. The molecule has 1 aliphatic heterocycles. The summed E-state index contributed by atoms with van der Waals surface area (Å²) in [5.41, 5.74) is 14.0. The molecule has 26 heavy (non-hydrogen) atoms. The molecule has 1 aromatic carbocycles. The first-order chi connectivity index (χ1) is 12.1. The number of aryl methyl sites for hydroxylation is 1. The summed E-state index contributed by atoms with van der Waals surface area (Å²) < 4.78 is 6.88. The standard InChI is InChI=1S/C18H23N5O3/c1-18(2,3)26-17(25)23-8-7-10-9-11(5-6-12(10)23)14-13(16(20)24)15(19)22(4)21-14/h5-6,9H,7-8,19H2,1-4H3,(H2,20,24). The molecule has 1 aromatic heterocycles. The topological polar surface area (TPSA) is 116 Å². The van der Waals surface area contributed by atoms with Gasteiger partial charge in [0.05, 0.1) is 5.69 Å². The van der Waals surface area contributed by atoms with Gasteiger partial charge in [0.2, 0.25) is 0 Å². The van der Waals surface area contributed by atoms with Gasteiger partial charge in [0.15, 0.2) is 0 Å². The molecule has 0 fully saturated rings. The van der Waals surface area contributed by atoms with E-state index in [0.29, 0.717) is 18.7 Å². The molecule has 4 N–H and O–H groups in total. The van der Waals surface area contributed by atoms with E-state index in [9.17, 15) is 9.59 Å². The Morgan fingerprint density at radius 3 is 2.58 bits per heavy atom. The summed E-state index contributed by atoms with van der Waals surface area (Å²) in [6, 6.07) is 5.54. The van der Waals surface area contributed by atoms with Crippen molar-refractivity contribution >= 4 is 23.5 Å². The number of primary amides is 1. The fraction of sp³-hybridized carbons (Fsp3) is 0.389. The summed E-state index contributed by atoms with van der Waals surface area (Å²) in [5.74, 6) is -0.398. The first-order valence-electron chi connectivity index (χ1n) is 8.34. The van der Waals surface area contributed by atoms with Gasteiger partial charge in [-0.25, -0.2) is 4.79 Å². The van der Waals surface area contributed by atoms with Gasteiger partial charge in [0, 0.05) is 19.2 Å². The summed E-state index contributed by atoms with van der Waals surface area (Å²) in [7, 11) is 1.66. The molecule has 0 aliphatic carbocycles. The summed E-state index contributed by atoms with van der Waals surface area (Å²) >= 11 is 0. The quantitative estimate of drug-likeness (QED) is 0.853. The third-order valence-electron chi connectivity index (χ3n) is 4.20. The normalized spacial score (nSPS) is 13.6. The summed E-state index contributed by atoms with van der Waals surface area (Å²) in [5, 5.41) is 4.32. The predicted molar refractivity (Wildman–Crippen MR) is 98.9 cm³/mol. The van der Waals surface area contributed by atoms with E-state index in [0.717, 1.165) is 16.8 Å². The highest BCUT2D eigenvalue weighted by atomic mass is 16.6. The number of anilines is 2. The molecule has 2 heterocycles. The Hall–Kier alpha value is -3.03. The van der Waals surface area contributed by atoms with Crippen LogP contribution in [0.1, 0.15) is 36.7 Å². The molecule has 0 bridgehead atoms. The number of fused-ring (bicyclic) bond motifs is 1. The lowest BCUT2D eigenvalue weighted by Gasteiger charge is -2.24. The number of aromatic nitrogens is 2. The molecule has 1 aliphatic rings. The minimum atomic E-state index is -0.624. The lowest BCUT2D eigenvalue weighted by molar-refractivity contribution is 0.0584. The van der Waals surface area contributed by atoms with Gasteiger partial charge in [-0.1, -0.05) is 6.07 Å². The lowest BCUT2D eigenvalue weighted by Crippen LogP contribution is -2.35. The number of rotatable bonds is 2. The molecule has 8 heteroatoms. The number of ether oxygens (including phenoxy) is 1. The van der Waals surface area contributed by atoms with Crippen molar-refractivity contribution < 1.29 is 14.3 Å². The second-order valence-electron chi connectivity index (χ2n) is 7.32. The van der Waals surface area contributed by atoms with E-state index in [-0.39, 0.29) is 17.5 Å². The van der Waals surface area contributed by atoms with Crippen molar-refractivity contribution in [2.45, 2.75) is 32.8 Å². The summed E-state index contributed by atoms with van der Waals surface area (Å²) in [4.78, 5) is 25.8. The van der Waals surface area contributed by atoms with Crippen LogP contribution in [-0.2, 0) is 18.2 Å². The van der Waals surface area contributed by atoms with Crippen molar-refractivity contribution in [1.29, 1.82) is 0 Å². The van der Waals surface area contributed by atoms with Crippen molar-refractivity contribution in [2.24, 2.45) is 12.8 Å². The van der Waals surface area contributed by atoms with Crippen molar-refractivity contribution in [3.05, 3.63) is 29.3 Å². The number of hydrogen-bond donors (Lipinski definition) is 2. The molecule has 0 radical (unpaired) electrons. The number of amides is 2. The zero-order valence-electron chi connectivity index (χ0n) is 15.4. The van der Waals surface area contributed by atoms with Crippen molar-refractivity contribution in [2.75, 3.05) is 17.2 Å². The molecule has 138 valence electrons. The Morgan fingerprint density at radius 2 is 1.96 bits per heavy atom. The number of hydrogen-bond acceptors (Lipinski definition) is 5. The van der Waals surface area contributed by atoms with Gasteiger partial charge in [-0.15, -0.1) is 0 Å². The highest BCUT2D eigenvalue weighted by molar-refractivity contribution is 6.03. The van der Waals surface area contributed by atoms with Crippen molar-refractivity contribution in [3.8, 4) is 11.3 Å². The molecule has 8 nitrogen and oxygen atoms in total. The van der Waals surface area contributed by atoms with Crippen LogP contribution in [0.25, 0.3) is 11.3 Å². The van der Waals surface area contributed by atoms with Gasteiger partial charge in [-0.3, -0.25) is 14.4 Å². The first-order valence-corrected chi connectivity index (χ1v) is 8.34. The predicted octanol–water partition coefficient (Wildman–Crippen LogP) is 2.07. The summed E-state index contributed by atoms with van der Waals surface area (Å²) in [6.07, 6.45) is 0.320. The Morgan fingerprint density at radius 1 is 1.27 bits per heavy atom. The Kier molecular flexibility index (Phi) is 4.14. The van der Waals surface area contributed by atoms with Gasteiger partial charge in [-0.05, 0) is 44.9 Å². The van der Waals surface area contributed by atoms with E-state index < -0.39 is 11.5 Å². The highest BCUT2D eigenvalue weighted by Gasteiger charge is 2.30. The van der Waals surface area contributed by atoms with Crippen LogP contribution in [0.3, 0.4) is 0 Å². The molecular weight excluding hydrogens is 334 g/mol. The van der Waals surface area contributed by atoms with Crippen LogP contribution in [0.15, 0.2) is 18.2 Å². The van der Waals surface area contributed by atoms with E-state index in [1.54, 1.807) is 18.0 Å². The molecule has 3 rings (SSSR count). The lowest BCUT2D eigenvalue weighted by atomic mass is 10.0. The number of nitrogens with two attached hydrogens (primary N) is 2. The van der Waals surface area contributed by atoms with Gasteiger partial charge < -0.3 is 16.2 Å². The van der Waals surface area contributed by atoms with Gasteiger partial charge >= 0.3 is 6.09 Å². The average molecular weight is 357 g/mol. The first kappa shape index (κ1) is 17.8. The van der Waals surface area contributed by atoms with Gasteiger partial charge in [0.1, 0.15) is 22.7 Å². The van der Waals surface area contributed by atoms with Crippen LogP contribution in [-0.4, -0.2) is 33.9 Å². The van der Waals surface area contributed by atoms with Crippen LogP contribution >= 0.6 is 0 Å². The third kappa shape index (κ3) is 3.10. The maximum Gasteiger partial charge on any atom is 0.414 e. The van der Waals surface area contributed by atoms with E-state index in [1.807, 2.05) is 32.9 Å². The van der Waals surface area contributed by atoms with E-state index in [1.165, 1.54) is 4.68 Å². The molecule has 2 amide bonds. The SMILES string of the molecule is Cn1nc(-c2ccc3c(c2)CCN3C(=O)OC(C)(C)C)c(C(N)=O)c1N. The van der Waals surface area contributed by atoms with E-state index in [2.05, 4.69) is 5.10 Å². The highest BCUT2D eigenvalue weighted by Crippen LogP contribution is 2.34. The fourth-order valence-corrected chi connectivity index (χ4v) is 3.04. The number of nitrogens with zero attached hydrogens (tertiary/aromatic N) is 3. The maximum absolute atomic E-state index is 12.4. The monoisotopic (exact) mass is 357 g/mol. The largest absolute Gasteiger partial charge is 0.443 e. The zero-order chi connectivity index (χ0) is 19.2. The number of nitrogen functional groups attached to an aromatic ring is 1. The van der Waals surface area contributed by atoms with Crippen LogP contribution < -0.4 is 16.4 Å². The second-order valence-corrected chi connectivity index (χ2v) is 7.32. The zero-order valence-corrected chi connectivity index (χ0v) is 15.4. The molecule has 0 atom stereocenters. The molecular formula is C18H23N5O3. The maximum atomic E-state index is 12.4. The summed E-state index contributed by atoms with van der Waals surface area (Å²) in [6.45, 7) is 6.05.